The molecular formula is C30H44O5Si2. The lowest BCUT2D eigenvalue weighted by Gasteiger charge is -2.36. The van der Waals surface area contributed by atoms with Gasteiger partial charge in [-0.25, -0.2) is 0 Å². The van der Waals surface area contributed by atoms with Gasteiger partial charge in [0.1, 0.15) is 18.1 Å². The summed E-state index contributed by atoms with van der Waals surface area (Å²) in [5, 5.41) is 0.130. The van der Waals surface area contributed by atoms with Crippen LogP contribution in [0.25, 0.3) is 0 Å². The first-order valence-electron chi connectivity index (χ1n) is 13.2. The summed E-state index contributed by atoms with van der Waals surface area (Å²) >= 11 is 0. The third-order valence-electron chi connectivity index (χ3n) is 8.36. The average Bonchev–Trinajstić information content (AvgIpc) is 3.11. The first-order valence-corrected chi connectivity index (χ1v) is 19.0. The monoisotopic (exact) mass is 540 g/mol. The van der Waals surface area contributed by atoms with Crippen molar-refractivity contribution >= 4 is 28.4 Å². The lowest BCUT2D eigenvalue weighted by Crippen LogP contribution is -2.43. The van der Waals surface area contributed by atoms with Gasteiger partial charge in [0.25, 0.3) is 0 Å². The summed E-state index contributed by atoms with van der Waals surface area (Å²) in [6.07, 6.45) is 0.435. The number of cyclic esters (lactones) is 1. The Morgan fingerprint density at radius 3 is 1.92 bits per heavy atom. The molecule has 3 rings (SSSR count). The Labute approximate surface area is 225 Å². The van der Waals surface area contributed by atoms with Crippen molar-refractivity contribution in [3.8, 4) is 11.5 Å². The van der Waals surface area contributed by atoms with E-state index in [2.05, 4.69) is 67.7 Å². The van der Waals surface area contributed by atoms with Crippen LogP contribution in [0.4, 0.5) is 0 Å². The normalized spacial score (nSPS) is 18.9. The van der Waals surface area contributed by atoms with E-state index in [4.69, 9.17) is 13.6 Å². The van der Waals surface area contributed by atoms with E-state index in [9.17, 15) is 9.59 Å². The molecule has 7 heteroatoms. The minimum absolute atomic E-state index is 0.0483. The lowest BCUT2D eigenvalue weighted by molar-refractivity contribution is -0.141. The molecular weight excluding hydrogens is 496 g/mol. The molecule has 37 heavy (non-hydrogen) atoms. The highest BCUT2D eigenvalue weighted by atomic mass is 28.4. The van der Waals surface area contributed by atoms with Gasteiger partial charge in [-0.15, -0.1) is 0 Å². The molecule has 1 fully saturated rings. The topological polar surface area (TPSA) is 61.8 Å². The molecule has 0 spiro atoms. The highest BCUT2D eigenvalue weighted by Crippen LogP contribution is 2.39. The van der Waals surface area contributed by atoms with Crippen molar-refractivity contribution in [2.75, 3.05) is 6.61 Å². The number of hydrogen-bond acceptors (Lipinski definition) is 5. The standard InChI is InChI=1S/C30H44O5Si2/c1-29(2,3)36(7,8)34-23-15-11-13-21(17-23)18-25-26(20-33-28(25)32)27(31)22-14-12-16-24(19-22)35-37(9,10)30(4,5)6/h11-17,19,25-26H,18,20H2,1-10H3/t25-,26+/m1/s1. The molecule has 1 saturated heterocycles. The van der Waals surface area contributed by atoms with Gasteiger partial charge < -0.3 is 13.6 Å². The number of benzene rings is 2. The molecule has 0 aromatic heterocycles. The third-order valence-corrected chi connectivity index (χ3v) is 17.1. The molecule has 202 valence electrons. The fourth-order valence-corrected chi connectivity index (χ4v) is 5.90. The number of rotatable bonds is 8. The van der Waals surface area contributed by atoms with Crippen molar-refractivity contribution in [2.45, 2.75) is 84.2 Å². The average molecular weight is 541 g/mol. The number of Topliss-reactive ketones (excluding diaryl/α,β-unsaturated/α-hetero) is 1. The minimum Gasteiger partial charge on any atom is -0.543 e. The third kappa shape index (κ3) is 6.74. The van der Waals surface area contributed by atoms with Crippen molar-refractivity contribution in [3.05, 3.63) is 59.7 Å². The van der Waals surface area contributed by atoms with Crippen LogP contribution in [0.3, 0.4) is 0 Å². The van der Waals surface area contributed by atoms with Crippen LogP contribution < -0.4 is 8.85 Å². The zero-order valence-corrected chi connectivity index (χ0v) is 26.2. The van der Waals surface area contributed by atoms with Gasteiger partial charge in [-0.2, -0.15) is 0 Å². The van der Waals surface area contributed by atoms with E-state index in [0.717, 1.165) is 11.3 Å². The van der Waals surface area contributed by atoms with E-state index in [0.29, 0.717) is 17.7 Å². The van der Waals surface area contributed by atoms with E-state index in [1.54, 1.807) is 6.07 Å². The number of carbonyl (C=O) groups is 2. The number of carbonyl (C=O) groups excluding carboxylic acids is 2. The van der Waals surface area contributed by atoms with E-state index in [1.165, 1.54) is 0 Å². The van der Waals surface area contributed by atoms with Crippen molar-refractivity contribution in [1.82, 2.24) is 0 Å². The van der Waals surface area contributed by atoms with Crippen LogP contribution in [-0.4, -0.2) is 35.0 Å². The maximum atomic E-state index is 13.6. The molecule has 0 N–H and O–H groups in total. The van der Waals surface area contributed by atoms with Crippen LogP contribution in [0.1, 0.15) is 57.5 Å². The summed E-state index contributed by atoms with van der Waals surface area (Å²) < 4.78 is 18.3. The van der Waals surface area contributed by atoms with Gasteiger partial charge in [-0.1, -0.05) is 65.8 Å². The molecule has 0 radical (unpaired) electrons. The maximum absolute atomic E-state index is 13.6. The van der Waals surface area contributed by atoms with Crippen molar-refractivity contribution in [3.63, 3.8) is 0 Å². The van der Waals surface area contributed by atoms with E-state index in [1.807, 2.05) is 42.5 Å². The molecule has 0 amide bonds. The van der Waals surface area contributed by atoms with Crippen molar-refractivity contribution in [1.29, 1.82) is 0 Å². The Kier molecular flexibility index (Phi) is 8.21. The maximum Gasteiger partial charge on any atom is 0.310 e. The molecule has 0 aliphatic carbocycles. The quantitative estimate of drug-likeness (QED) is 0.195. The molecule has 0 unspecified atom stereocenters. The van der Waals surface area contributed by atoms with Crippen LogP contribution in [0.15, 0.2) is 48.5 Å². The summed E-state index contributed by atoms with van der Waals surface area (Å²) in [4.78, 5) is 26.3. The van der Waals surface area contributed by atoms with Gasteiger partial charge in [-0.3, -0.25) is 9.59 Å². The first kappa shape index (κ1) is 29.2. The molecule has 0 bridgehead atoms. The van der Waals surface area contributed by atoms with Gasteiger partial charge in [0, 0.05) is 5.56 Å². The van der Waals surface area contributed by atoms with Crippen LogP contribution in [0.2, 0.25) is 36.3 Å². The van der Waals surface area contributed by atoms with Crippen LogP contribution >= 0.6 is 0 Å². The minimum atomic E-state index is -2.04. The predicted octanol–water partition coefficient (Wildman–Crippen LogP) is 7.67. The molecule has 2 atom stereocenters. The second-order valence-corrected chi connectivity index (χ2v) is 22.8. The summed E-state index contributed by atoms with van der Waals surface area (Å²) in [6.45, 7) is 22.1. The van der Waals surface area contributed by atoms with E-state index in [-0.39, 0.29) is 28.4 Å². The first-order chi connectivity index (χ1) is 16.9. The fourth-order valence-electron chi connectivity index (χ4n) is 3.86. The number of ketones is 1. The van der Waals surface area contributed by atoms with Gasteiger partial charge >= 0.3 is 5.97 Å². The summed E-state index contributed by atoms with van der Waals surface area (Å²) in [7, 11) is -4.04. The number of esters is 1. The van der Waals surface area contributed by atoms with Crippen molar-refractivity contribution in [2.24, 2.45) is 11.8 Å². The molecule has 0 saturated carbocycles. The van der Waals surface area contributed by atoms with Gasteiger partial charge in [-0.05, 0) is 72.5 Å². The van der Waals surface area contributed by atoms with E-state index < -0.39 is 28.5 Å². The van der Waals surface area contributed by atoms with Crippen LogP contribution in [-0.2, 0) is 16.0 Å². The summed E-state index contributed by atoms with van der Waals surface area (Å²) in [5.41, 5.74) is 1.52. The smallest absolute Gasteiger partial charge is 0.310 e. The van der Waals surface area contributed by atoms with E-state index >= 15 is 0 Å². The zero-order chi connectivity index (χ0) is 27.8. The second kappa shape index (κ2) is 10.4. The van der Waals surface area contributed by atoms with Gasteiger partial charge in [0.05, 0.1) is 11.8 Å². The largest absolute Gasteiger partial charge is 0.543 e. The lowest BCUT2D eigenvalue weighted by atomic mass is 9.84. The highest BCUT2D eigenvalue weighted by Gasteiger charge is 2.43. The zero-order valence-electron chi connectivity index (χ0n) is 24.2. The van der Waals surface area contributed by atoms with Crippen LogP contribution in [0.5, 0.6) is 11.5 Å². The molecule has 5 nitrogen and oxygen atoms in total. The molecule has 1 aliphatic heterocycles. The Balaban J connectivity index is 1.79. The molecule has 1 aliphatic rings. The number of ether oxygens (including phenoxy) is 1. The second-order valence-electron chi connectivity index (χ2n) is 13.3. The van der Waals surface area contributed by atoms with Crippen molar-refractivity contribution < 1.29 is 23.2 Å². The van der Waals surface area contributed by atoms with Crippen LogP contribution in [0, 0.1) is 11.8 Å². The molecule has 2 aromatic rings. The Hall–Kier alpha value is -2.39. The number of hydrogen-bond donors (Lipinski definition) is 0. The Morgan fingerprint density at radius 1 is 0.865 bits per heavy atom. The Bertz CT molecular complexity index is 1140. The van der Waals surface area contributed by atoms with Gasteiger partial charge in [0.2, 0.25) is 16.6 Å². The summed E-state index contributed by atoms with van der Waals surface area (Å²) in [5.74, 6) is 0.0673. The Morgan fingerprint density at radius 2 is 1.38 bits per heavy atom. The SMILES string of the molecule is CC(C)(C)[Si](C)(C)Oc1cccc(C[C@H]2C(=O)OC[C@@H]2C(=O)c2cccc(O[Si](C)(C)C(C)(C)C)c2)c1. The summed E-state index contributed by atoms with van der Waals surface area (Å²) in [6, 6.07) is 15.3. The fraction of sp³-hybridized carbons (Fsp3) is 0.533. The van der Waals surface area contributed by atoms with Gasteiger partial charge in [0.15, 0.2) is 5.78 Å². The predicted molar refractivity (Wildman–Crippen MR) is 155 cm³/mol. The highest BCUT2D eigenvalue weighted by molar-refractivity contribution is 6.75. The molecule has 2 aromatic carbocycles. The molecule has 1 heterocycles.